The van der Waals surface area contributed by atoms with E-state index in [4.69, 9.17) is 14.2 Å². The van der Waals surface area contributed by atoms with Crippen LogP contribution in [-0.2, 0) is 24.0 Å². The molecule has 0 radical (unpaired) electrons. The molecule has 0 unspecified atom stereocenters. The minimum atomic E-state index is -4.09. The van der Waals surface area contributed by atoms with E-state index in [1.807, 2.05) is 30.5 Å². The van der Waals surface area contributed by atoms with Gasteiger partial charge < -0.3 is 19.2 Å². The van der Waals surface area contributed by atoms with Gasteiger partial charge in [-0.2, -0.15) is 0 Å². The smallest absolute Gasteiger partial charge is 0.418 e. The Morgan fingerprint density at radius 1 is 0.719 bits per heavy atom. The molecule has 2 aromatic heterocycles. The normalized spacial score (nSPS) is 11.3. The van der Waals surface area contributed by atoms with Crippen LogP contribution in [-0.4, -0.2) is 54.8 Å². The van der Waals surface area contributed by atoms with Crippen LogP contribution in [0.2, 0.25) is 0 Å². The number of aromatic amines is 1. The van der Waals surface area contributed by atoms with Gasteiger partial charge in [0.1, 0.15) is 17.2 Å². The molecule has 14 heteroatoms. The minimum absolute atomic E-state index is 0.00346. The molecule has 10 nitrogen and oxygen atoms in total. The molecule has 0 saturated heterocycles. The number of aromatic nitrogens is 2. The van der Waals surface area contributed by atoms with Gasteiger partial charge in [0.05, 0.1) is 34.1 Å². The van der Waals surface area contributed by atoms with E-state index in [1.54, 1.807) is 59.0 Å². The Bertz CT molecular complexity index is 2490. The molecule has 4 aromatic carbocycles. The summed E-state index contributed by atoms with van der Waals surface area (Å²) in [6.45, 7) is 9.03. The Labute approximate surface area is 333 Å². The summed E-state index contributed by atoms with van der Waals surface area (Å²) in [5.41, 5.74) is 2.38. The molecule has 57 heavy (non-hydrogen) atoms. The van der Waals surface area contributed by atoms with Gasteiger partial charge in [-0.05, 0) is 124 Å². The predicted molar refractivity (Wildman–Crippen MR) is 212 cm³/mol. The first kappa shape index (κ1) is 42.2. The van der Waals surface area contributed by atoms with Crippen LogP contribution in [0.4, 0.5) is 13.6 Å². The number of ether oxygens (including phenoxy) is 3. The molecular weight excluding hydrogens is 775 g/mol. The fourth-order valence-corrected chi connectivity index (χ4v) is 7.67. The summed E-state index contributed by atoms with van der Waals surface area (Å²) in [4.78, 5) is 41.5. The average molecular weight is 815 g/mol. The maximum Gasteiger partial charge on any atom is 0.418 e. The minimum Gasteiger partial charge on any atom is -0.462 e. The summed E-state index contributed by atoms with van der Waals surface area (Å²) in [6.07, 6.45) is 6.00. The van der Waals surface area contributed by atoms with Crippen molar-refractivity contribution in [3.63, 3.8) is 0 Å². The highest BCUT2D eigenvalue weighted by molar-refractivity contribution is 7.99. The van der Waals surface area contributed by atoms with E-state index in [0.29, 0.717) is 23.3 Å². The predicted octanol–water partition coefficient (Wildman–Crippen LogP) is 10.2. The highest BCUT2D eigenvalue weighted by atomic mass is 32.2. The lowest BCUT2D eigenvalue weighted by Crippen LogP contribution is -2.26. The van der Waals surface area contributed by atoms with Crippen LogP contribution < -0.4 is 0 Å². The zero-order chi connectivity index (χ0) is 41.3. The van der Waals surface area contributed by atoms with Crippen LogP contribution >= 0.6 is 11.8 Å². The van der Waals surface area contributed by atoms with Gasteiger partial charge in [0.2, 0.25) is 9.84 Å². The quantitative estimate of drug-likeness (QED) is 0.106. The van der Waals surface area contributed by atoms with Gasteiger partial charge in [-0.25, -0.2) is 31.6 Å². The second-order valence-corrected chi connectivity index (χ2v) is 16.4. The summed E-state index contributed by atoms with van der Waals surface area (Å²) in [7, 11) is -4.09. The molecule has 0 spiro atoms. The van der Waals surface area contributed by atoms with Crippen LogP contribution in [0.3, 0.4) is 0 Å². The Hall–Kier alpha value is -5.99. The number of rotatable bonds is 10. The number of carbonyl (C=O) groups is 3. The fraction of sp³-hybridized carbons (Fsp3) is 0.186. The van der Waals surface area contributed by atoms with Crippen molar-refractivity contribution >= 4 is 39.6 Å². The van der Waals surface area contributed by atoms with E-state index in [2.05, 4.69) is 4.98 Å². The van der Waals surface area contributed by atoms with Gasteiger partial charge >= 0.3 is 18.0 Å². The largest absolute Gasteiger partial charge is 0.462 e. The topological polar surface area (TPSA) is 134 Å². The van der Waals surface area contributed by atoms with Gasteiger partial charge in [-0.3, -0.25) is 4.57 Å². The number of sulfone groups is 1. The van der Waals surface area contributed by atoms with Crippen molar-refractivity contribution in [3.8, 4) is 22.3 Å². The van der Waals surface area contributed by atoms with Crippen molar-refractivity contribution in [1.82, 2.24) is 9.55 Å². The number of carbonyl (C=O) groups excluding carboxylic acids is 3. The lowest BCUT2D eigenvalue weighted by Gasteiger charge is -2.19. The van der Waals surface area contributed by atoms with Gasteiger partial charge in [-0.15, -0.1) is 0 Å². The third-order valence-corrected chi connectivity index (χ3v) is 10.7. The molecule has 0 fully saturated rings. The average Bonchev–Trinajstić information content (AvgIpc) is 3.88. The van der Waals surface area contributed by atoms with Crippen LogP contribution in [0, 0.1) is 11.6 Å². The van der Waals surface area contributed by atoms with Gasteiger partial charge in [0.25, 0.3) is 0 Å². The van der Waals surface area contributed by atoms with Crippen molar-refractivity contribution in [2.45, 2.75) is 59.8 Å². The van der Waals surface area contributed by atoms with Crippen LogP contribution in [0.5, 0.6) is 0 Å². The third kappa shape index (κ3) is 10.9. The number of esters is 2. The molecule has 0 bridgehead atoms. The second kappa shape index (κ2) is 18.3. The van der Waals surface area contributed by atoms with Crippen molar-refractivity contribution < 1.29 is 45.8 Å². The monoisotopic (exact) mass is 814 g/mol. The molecule has 296 valence electrons. The van der Waals surface area contributed by atoms with E-state index >= 15 is 0 Å². The maximum absolute atomic E-state index is 13.6. The molecule has 0 aliphatic heterocycles. The number of hydrogen-bond donors (Lipinski definition) is 1. The molecular formula is C43H40F2N2O8S2. The summed E-state index contributed by atoms with van der Waals surface area (Å²) >= 11 is 1.40. The van der Waals surface area contributed by atoms with E-state index in [1.165, 1.54) is 71.2 Å². The number of benzene rings is 4. The van der Waals surface area contributed by atoms with E-state index in [-0.39, 0.29) is 33.7 Å². The number of halogens is 2. The highest BCUT2D eigenvalue weighted by Gasteiger charge is 2.24. The number of nitrogens with one attached hydrogen (secondary N) is 1. The van der Waals surface area contributed by atoms with Crippen molar-refractivity contribution in [2.75, 3.05) is 13.2 Å². The second-order valence-electron chi connectivity index (χ2n) is 13.3. The first-order valence-electron chi connectivity index (χ1n) is 17.7. The third-order valence-electron chi connectivity index (χ3n) is 7.94. The van der Waals surface area contributed by atoms with Gasteiger partial charge in [0, 0.05) is 40.1 Å². The van der Waals surface area contributed by atoms with E-state index in [9.17, 15) is 31.6 Å². The fourth-order valence-electron chi connectivity index (χ4n) is 5.45. The lowest BCUT2D eigenvalue weighted by atomic mass is 10.0. The van der Waals surface area contributed by atoms with Gasteiger partial charge in [0.15, 0.2) is 0 Å². The van der Waals surface area contributed by atoms with Crippen LogP contribution in [0.1, 0.15) is 55.3 Å². The van der Waals surface area contributed by atoms with E-state index < -0.39 is 33.3 Å². The molecule has 6 aromatic rings. The number of hydrogen-bond acceptors (Lipinski definition) is 9. The van der Waals surface area contributed by atoms with Crippen LogP contribution in [0.15, 0.2) is 141 Å². The zero-order valence-electron chi connectivity index (χ0n) is 31.7. The van der Waals surface area contributed by atoms with Gasteiger partial charge in [-0.1, -0.05) is 36.0 Å². The zero-order valence-corrected chi connectivity index (χ0v) is 33.4. The number of H-pyrrole nitrogens is 1. The standard InChI is InChI=1S/C24H24FNO6S.C19H16FNO2S/c1-5-31-22(27)21-14-19(33(29,30)18-8-6-7-17(25)13-18)9-10-20(21)16-11-12-26(15-16)23(28)32-24(2,3)4;1-2-23-19(22)18-11-16(24-15-5-3-4-14(20)10-15)6-7-17(18)13-8-9-21-12-13/h6-15H,5H2,1-4H3;3-12,21H,2H2,1H3. The molecule has 0 aliphatic carbocycles. The molecule has 0 atom stereocenters. The highest BCUT2D eigenvalue weighted by Crippen LogP contribution is 2.34. The van der Waals surface area contributed by atoms with Crippen LogP contribution in [0.25, 0.3) is 22.3 Å². The first-order chi connectivity index (χ1) is 27.1. The summed E-state index contributed by atoms with van der Waals surface area (Å²) in [5.74, 6) is -2.07. The Kier molecular flexibility index (Phi) is 13.5. The van der Waals surface area contributed by atoms with Crippen molar-refractivity contribution in [1.29, 1.82) is 0 Å². The SMILES string of the molecule is CCOC(=O)c1cc(S(=O)(=O)c2cccc(F)c2)ccc1-c1ccn(C(=O)OC(C)(C)C)c1.CCOC(=O)c1cc(Sc2cccc(F)c2)ccc1-c1cc[nH]c1. The summed E-state index contributed by atoms with van der Waals surface area (Å²) in [6, 6.07) is 24.0. The number of nitrogens with zero attached hydrogens (tertiary/aromatic N) is 1. The summed E-state index contributed by atoms with van der Waals surface area (Å²) in [5, 5.41) is 0. The Morgan fingerprint density at radius 3 is 1.93 bits per heavy atom. The maximum atomic E-state index is 13.6. The lowest BCUT2D eigenvalue weighted by molar-refractivity contribution is 0.0517. The molecule has 0 saturated carbocycles. The molecule has 6 rings (SSSR count). The Balaban J connectivity index is 0.000000228. The first-order valence-corrected chi connectivity index (χ1v) is 20.0. The molecule has 2 heterocycles. The van der Waals surface area contributed by atoms with E-state index in [0.717, 1.165) is 33.1 Å². The Morgan fingerprint density at radius 2 is 1.32 bits per heavy atom. The molecule has 1 N–H and O–H groups in total. The van der Waals surface area contributed by atoms with Crippen molar-refractivity contribution in [2.24, 2.45) is 0 Å². The molecule has 0 aliphatic rings. The summed E-state index contributed by atoms with van der Waals surface area (Å²) < 4.78 is 69.8. The van der Waals surface area contributed by atoms with Crippen molar-refractivity contribution in [3.05, 3.63) is 145 Å². The molecule has 0 amide bonds.